The van der Waals surface area contributed by atoms with E-state index in [0.717, 1.165) is 9.13 Å². The number of aromatic amines is 1. The molecule has 2 aromatic rings. The molecule has 0 radical (unpaired) electrons. The van der Waals surface area contributed by atoms with Gasteiger partial charge < -0.3 is 20.7 Å². The molecule has 3 rings (SSSR count). The average Bonchev–Trinajstić information content (AvgIpc) is 2.96. The Kier molecular flexibility index (Phi) is 3.84. The largest absolute Gasteiger partial charge is 0.394 e. The molecule has 3 heterocycles. The zero-order valence-electron chi connectivity index (χ0n) is 12.1. The predicted octanol–water partition coefficient (Wildman–Crippen LogP) is -2.42. The predicted molar refractivity (Wildman–Crippen MR) is 76.5 cm³/mol. The van der Waals surface area contributed by atoms with Gasteiger partial charge in [0.1, 0.15) is 18.8 Å². The summed E-state index contributed by atoms with van der Waals surface area (Å²) in [5.41, 5.74) is 3.28. The summed E-state index contributed by atoms with van der Waals surface area (Å²) in [5, 5.41) is 27.9. The molecule has 0 unspecified atom stereocenters. The van der Waals surface area contributed by atoms with E-state index in [2.05, 4.69) is 9.97 Å². The molecule has 1 saturated heterocycles. The Hall–Kier alpha value is -2.75. The van der Waals surface area contributed by atoms with Crippen LogP contribution < -0.4 is 17.0 Å². The van der Waals surface area contributed by atoms with Gasteiger partial charge in [-0.1, -0.05) is 0 Å². The lowest BCUT2D eigenvalue weighted by atomic mass is 10.1. The first-order valence-electron chi connectivity index (χ1n) is 6.86. The number of hydrogen-bond donors (Lipinski definition) is 4. The van der Waals surface area contributed by atoms with E-state index in [0.29, 0.717) is 0 Å². The van der Waals surface area contributed by atoms with Crippen molar-refractivity contribution in [1.82, 2.24) is 19.1 Å². The lowest BCUT2D eigenvalue weighted by Crippen LogP contribution is -2.34. The summed E-state index contributed by atoms with van der Waals surface area (Å²) in [5.74, 6) is -0.307. The van der Waals surface area contributed by atoms with Crippen LogP contribution >= 0.6 is 0 Å². The monoisotopic (exact) mass is 340 g/mol. The smallest absolute Gasteiger partial charge is 0.333 e. The molecule has 0 aromatic carbocycles. The number of aromatic nitrogens is 4. The lowest BCUT2D eigenvalue weighted by molar-refractivity contribution is -0.0513. The van der Waals surface area contributed by atoms with Crippen molar-refractivity contribution in [2.45, 2.75) is 31.2 Å². The van der Waals surface area contributed by atoms with Crippen molar-refractivity contribution >= 4 is 17.1 Å². The molecule has 5 N–H and O–H groups in total. The number of nitrogens with two attached hydrogens (primary N) is 1. The van der Waals surface area contributed by atoms with Crippen LogP contribution in [0.1, 0.15) is 6.23 Å². The van der Waals surface area contributed by atoms with Crippen LogP contribution in [-0.2, 0) is 11.3 Å². The molecule has 1 aliphatic heterocycles. The second kappa shape index (κ2) is 5.71. The van der Waals surface area contributed by atoms with Gasteiger partial charge in [0.15, 0.2) is 23.6 Å². The van der Waals surface area contributed by atoms with Crippen LogP contribution in [-0.4, -0.2) is 54.3 Å². The second-order valence-electron chi connectivity index (χ2n) is 5.20. The van der Waals surface area contributed by atoms with Crippen molar-refractivity contribution in [3.8, 4) is 6.07 Å². The molecule has 1 aliphatic rings. The fourth-order valence-electron chi connectivity index (χ4n) is 2.72. The fraction of sp³-hybridized carbons (Fsp3) is 0.500. The van der Waals surface area contributed by atoms with Gasteiger partial charge in [0.05, 0.1) is 12.7 Å². The van der Waals surface area contributed by atoms with Gasteiger partial charge in [-0.2, -0.15) is 10.2 Å². The molecule has 12 heteroatoms. The lowest BCUT2D eigenvalue weighted by Gasteiger charge is -2.15. The van der Waals surface area contributed by atoms with E-state index in [4.69, 9.17) is 20.8 Å². The number of hydrogen-bond acceptors (Lipinski definition) is 8. The number of aliphatic hydroxyl groups is 2. The molecule has 4 atom stereocenters. The molecule has 1 fully saturated rings. The second-order valence-corrected chi connectivity index (χ2v) is 5.20. The van der Waals surface area contributed by atoms with E-state index in [9.17, 15) is 19.1 Å². The normalized spacial score (nSPS) is 26.8. The molecule has 0 aliphatic carbocycles. The summed E-state index contributed by atoms with van der Waals surface area (Å²) in [6, 6.07) is 1.72. The number of ether oxygens (including phenoxy) is 1. The highest BCUT2D eigenvalue weighted by atomic mass is 19.1. The van der Waals surface area contributed by atoms with Crippen LogP contribution in [0.15, 0.2) is 9.59 Å². The van der Waals surface area contributed by atoms with Gasteiger partial charge in [0, 0.05) is 0 Å². The van der Waals surface area contributed by atoms with Crippen molar-refractivity contribution in [3.63, 3.8) is 0 Å². The molecular formula is C12H13FN6O5. The van der Waals surface area contributed by atoms with Crippen LogP contribution in [0.25, 0.3) is 11.2 Å². The van der Waals surface area contributed by atoms with Crippen LogP contribution in [0, 0.1) is 11.3 Å². The van der Waals surface area contributed by atoms with Crippen LogP contribution in [0.5, 0.6) is 0 Å². The molecule has 0 spiro atoms. The zero-order valence-corrected chi connectivity index (χ0v) is 12.1. The number of H-pyrrole nitrogens is 1. The summed E-state index contributed by atoms with van der Waals surface area (Å²) in [6.45, 7) is -1.18. The number of fused-ring (bicyclic) bond motifs is 1. The number of rotatable bonds is 3. The molecule has 0 amide bonds. The van der Waals surface area contributed by atoms with Gasteiger partial charge >= 0.3 is 5.69 Å². The van der Waals surface area contributed by atoms with Crippen molar-refractivity contribution in [2.75, 3.05) is 12.3 Å². The number of nitrogen functional groups attached to an aromatic ring is 1. The van der Waals surface area contributed by atoms with Crippen molar-refractivity contribution in [1.29, 1.82) is 5.26 Å². The molecule has 11 nitrogen and oxygen atoms in total. The number of aliphatic hydroxyl groups excluding tert-OH is 2. The summed E-state index contributed by atoms with van der Waals surface area (Å²) >= 11 is 0. The maximum atomic E-state index is 13.9. The number of imidazole rings is 1. The third kappa shape index (κ3) is 2.18. The average molecular weight is 340 g/mol. The molecule has 2 aromatic heterocycles. The third-order valence-corrected chi connectivity index (χ3v) is 3.78. The van der Waals surface area contributed by atoms with E-state index < -0.39 is 49.0 Å². The van der Waals surface area contributed by atoms with Gasteiger partial charge in [-0.3, -0.25) is 14.3 Å². The van der Waals surface area contributed by atoms with Crippen LogP contribution in [0.4, 0.5) is 10.3 Å². The van der Waals surface area contributed by atoms with Crippen molar-refractivity contribution < 1.29 is 19.3 Å². The minimum Gasteiger partial charge on any atom is -0.394 e. The molecule has 0 bridgehead atoms. The number of alkyl halides is 1. The summed E-state index contributed by atoms with van der Waals surface area (Å²) in [7, 11) is 0. The first-order valence-corrected chi connectivity index (χ1v) is 6.86. The molecule has 0 saturated carbocycles. The highest BCUT2D eigenvalue weighted by Crippen LogP contribution is 2.31. The van der Waals surface area contributed by atoms with E-state index in [-0.39, 0.29) is 17.1 Å². The van der Waals surface area contributed by atoms with Crippen molar-refractivity contribution in [2.24, 2.45) is 0 Å². The Bertz CT molecular complexity index is 942. The highest BCUT2D eigenvalue weighted by molar-refractivity contribution is 5.72. The quantitative estimate of drug-likeness (QED) is 0.478. The Morgan fingerprint density at radius 3 is 2.79 bits per heavy atom. The van der Waals surface area contributed by atoms with Crippen molar-refractivity contribution in [3.05, 3.63) is 20.8 Å². The van der Waals surface area contributed by atoms with Gasteiger partial charge in [-0.15, -0.1) is 0 Å². The minimum atomic E-state index is -1.94. The Labute approximate surface area is 132 Å². The van der Waals surface area contributed by atoms with Gasteiger partial charge in [-0.25, -0.2) is 13.8 Å². The number of nitrogens with one attached hydrogen (secondary N) is 1. The van der Waals surface area contributed by atoms with Gasteiger partial charge in [-0.05, 0) is 0 Å². The number of nitriles is 1. The standard InChI is InChI=1S/C12H13FN6O5/c13-5-4(3-20)24-10(7(5)21)19-8-6(9(22)17-11(15)16-8)18(2-1-14)12(19)23/h4-5,7,10,20-21H,2-3H2,(H3,15,16,17,22)/t4-,5-,7-,10-/m1/s1. The van der Waals surface area contributed by atoms with Gasteiger partial charge in [0.25, 0.3) is 5.56 Å². The first kappa shape index (κ1) is 16.1. The van der Waals surface area contributed by atoms with Crippen LogP contribution in [0.2, 0.25) is 0 Å². The molecular weight excluding hydrogens is 327 g/mol. The first-order chi connectivity index (χ1) is 11.4. The number of anilines is 1. The zero-order chi connectivity index (χ0) is 17.6. The summed E-state index contributed by atoms with van der Waals surface area (Å²) in [6.07, 6.45) is -6.59. The van der Waals surface area contributed by atoms with Gasteiger partial charge in [0.2, 0.25) is 5.95 Å². The van der Waals surface area contributed by atoms with E-state index in [1.54, 1.807) is 6.07 Å². The highest BCUT2D eigenvalue weighted by Gasteiger charge is 2.46. The Morgan fingerprint density at radius 2 is 2.21 bits per heavy atom. The third-order valence-electron chi connectivity index (χ3n) is 3.78. The summed E-state index contributed by atoms with van der Waals surface area (Å²) in [4.78, 5) is 30.6. The maximum absolute atomic E-state index is 13.9. The minimum absolute atomic E-state index is 0.255. The Morgan fingerprint density at radius 1 is 1.50 bits per heavy atom. The van der Waals surface area contributed by atoms with E-state index >= 15 is 0 Å². The SMILES string of the molecule is N#CCn1c(=O)n([C@@H]2O[C@H](CO)[C@@H](F)[C@H]2O)c2nc(N)[nH]c(=O)c21. The number of halogens is 1. The summed E-state index contributed by atoms with van der Waals surface area (Å²) < 4.78 is 20.7. The molecule has 128 valence electrons. The Balaban J connectivity index is 2.30. The number of nitrogens with zero attached hydrogens (tertiary/aromatic N) is 4. The maximum Gasteiger partial charge on any atom is 0.333 e. The van der Waals surface area contributed by atoms with Crippen LogP contribution in [0.3, 0.4) is 0 Å². The topological polar surface area (TPSA) is 172 Å². The van der Waals surface area contributed by atoms with E-state index in [1.807, 2.05) is 0 Å². The molecule has 24 heavy (non-hydrogen) atoms. The van der Waals surface area contributed by atoms with E-state index in [1.165, 1.54) is 0 Å². The fourth-order valence-corrected chi connectivity index (χ4v) is 2.72.